The maximum atomic E-state index is 12.9. The lowest BCUT2D eigenvalue weighted by Crippen LogP contribution is -2.15. The van der Waals surface area contributed by atoms with Crippen LogP contribution in [0.15, 0.2) is 41.6 Å². The molecule has 0 bridgehead atoms. The van der Waals surface area contributed by atoms with Crippen molar-refractivity contribution >= 4 is 27.3 Å². The Morgan fingerprint density at radius 2 is 2.05 bits per heavy atom. The number of pyridine rings is 1. The smallest absolute Gasteiger partial charge is 0.279 e. The van der Waals surface area contributed by atoms with E-state index in [9.17, 15) is 12.8 Å². The Labute approximate surface area is 120 Å². The van der Waals surface area contributed by atoms with Crippen LogP contribution in [0, 0.1) is 5.82 Å². The molecule has 106 valence electrons. The first-order valence-electron chi connectivity index (χ1n) is 5.55. The van der Waals surface area contributed by atoms with Gasteiger partial charge < -0.3 is 5.73 Å². The number of nitrogens with two attached hydrogens (primary N) is 1. The largest absolute Gasteiger partial charge is 0.326 e. The zero-order chi connectivity index (χ0) is 14.8. The van der Waals surface area contributed by atoms with Crippen LogP contribution in [0.3, 0.4) is 0 Å². The molecule has 0 unspecified atom stereocenters. The molecule has 0 aliphatic heterocycles. The highest BCUT2D eigenvalue weighted by Gasteiger charge is 2.17. The fourth-order valence-corrected chi connectivity index (χ4v) is 2.74. The van der Waals surface area contributed by atoms with Gasteiger partial charge in [0, 0.05) is 12.7 Å². The highest BCUT2D eigenvalue weighted by Crippen LogP contribution is 2.24. The fraction of sp³-hybridized carbons (Fsp3) is 0.0833. The number of hydrogen-bond acceptors (Lipinski definition) is 4. The molecule has 0 fully saturated rings. The molecule has 20 heavy (non-hydrogen) atoms. The summed E-state index contributed by atoms with van der Waals surface area (Å²) in [4.78, 5) is 3.82. The standard InChI is InChI=1S/C12H11ClFN3O2S/c13-10-5-9(14)2-3-11(10)17-20(18,19)12-4-1-8(6-15)7-16-12/h1-5,7,17H,6,15H2. The minimum Gasteiger partial charge on any atom is -0.326 e. The number of nitrogens with one attached hydrogen (secondary N) is 1. The van der Waals surface area contributed by atoms with Gasteiger partial charge in [-0.05, 0) is 29.8 Å². The van der Waals surface area contributed by atoms with Gasteiger partial charge in [-0.25, -0.2) is 9.37 Å². The highest BCUT2D eigenvalue weighted by atomic mass is 35.5. The first-order chi connectivity index (χ1) is 9.42. The molecule has 5 nitrogen and oxygen atoms in total. The Morgan fingerprint density at radius 1 is 1.30 bits per heavy atom. The van der Waals surface area contributed by atoms with Crippen molar-refractivity contribution < 1.29 is 12.8 Å². The van der Waals surface area contributed by atoms with Crippen LogP contribution in [-0.4, -0.2) is 13.4 Å². The van der Waals surface area contributed by atoms with Crippen LogP contribution in [0.5, 0.6) is 0 Å². The molecular formula is C12H11ClFN3O2S. The van der Waals surface area contributed by atoms with E-state index >= 15 is 0 Å². The predicted molar refractivity (Wildman–Crippen MR) is 74.3 cm³/mol. The topological polar surface area (TPSA) is 85.1 Å². The summed E-state index contributed by atoms with van der Waals surface area (Å²) in [6, 6.07) is 6.26. The molecule has 0 amide bonds. The summed E-state index contributed by atoms with van der Waals surface area (Å²) in [7, 11) is -3.88. The van der Waals surface area contributed by atoms with E-state index in [1.165, 1.54) is 18.3 Å². The monoisotopic (exact) mass is 315 g/mol. The Kier molecular flexibility index (Phi) is 4.22. The molecular weight excluding hydrogens is 305 g/mol. The van der Waals surface area contributed by atoms with E-state index < -0.39 is 15.8 Å². The zero-order valence-corrected chi connectivity index (χ0v) is 11.7. The molecule has 2 rings (SSSR count). The first kappa shape index (κ1) is 14.7. The summed E-state index contributed by atoms with van der Waals surface area (Å²) in [5, 5.41) is -0.206. The van der Waals surface area contributed by atoms with Crippen LogP contribution in [0.1, 0.15) is 5.56 Å². The average Bonchev–Trinajstić information content (AvgIpc) is 2.42. The number of anilines is 1. The minimum atomic E-state index is -3.88. The molecule has 0 radical (unpaired) electrons. The van der Waals surface area contributed by atoms with Gasteiger partial charge in [0.25, 0.3) is 10.0 Å². The van der Waals surface area contributed by atoms with Gasteiger partial charge in [-0.1, -0.05) is 17.7 Å². The number of hydrogen-bond donors (Lipinski definition) is 2. The molecule has 1 aromatic heterocycles. The fourth-order valence-electron chi connectivity index (χ4n) is 1.46. The van der Waals surface area contributed by atoms with E-state index in [4.69, 9.17) is 17.3 Å². The molecule has 0 saturated heterocycles. The number of aromatic nitrogens is 1. The van der Waals surface area contributed by atoms with Crippen LogP contribution in [0.25, 0.3) is 0 Å². The number of sulfonamides is 1. The highest BCUT2D eigenvalue weighted by molar-refractivity contribution is 7.92. The second kappa shape index (κ2) is 5.74. The third-order valence-corrected chi connectivity index (χ3v) is 4.08. The minimum absolute atomic E-state index is 0.0350. The van der Waals surface area contributed by atoms with Crippen LogP contribution >= 0.6 is 11.6 Å². The van der Waals surface area contributed by atoms with E-state index in [-0.39, 0.29) is 22.3 Å². The summed E-state index contributed by atoms with van der Waals surface area (Å²) < 4.78 is 39.3. The lowest BCUT2D eigenvalue weighted by atomic mass is 10.3. The van der Waals surface area contributed by atoms with Crippen LogP contribution in [0.4, 0.5) is 10.1 Å². The summed E-state index contributed by atoms with van der Waals surface area (Å²) in [5.41, 5.74) is 6.20. The predicted octanol–water partition coefficient (Wildman–Crippen LogP) is 2.13. The first-order valence-corrected chi connectivity index (χ1v) is 7.41. The molecule has 0 atom stereocenters. The van der Waals surface area contributed by atoms with E-state index in [1.807, 2.05) is 0 Å². The van der Waals surface area contributed by atoms with E-state index in [1.54, 1.807) is 6.07 Å². The summed E-state index contributed by atoms with van der Waals surface area (Å²) >= 11 is 5.77. The molecule has 0 spiro atoms. The van der Waals surface area contributed by atoms with E-state index in [2.05, 4.69) is 9.71 Å². The lowest BCUT2D eigenvalue weighted by molar-refractivity contribution is 0.597. The van der Waals surface area contributed by atoms with Gasteiger partial charge in [0.2, 0.25) is 0 Å². The molecule has 0 aliphatic carbocycles. The van der Waals surface area contributed by atoms with Crippen LogP contribution < -0.4 is 10.5 Å². The van der Waals surface area contributed by atoms with Crippen LogP contribution in [0.2, 0.25) is 5.02 Å². The number of nitrogens with zero attached hydrogens (tertiary/aromatic N) is 1. The van der Waals surface area contributed by atoms with Gasteiger partial charge in [-0.3, -0.25) is 4.72 Å². The summed E-state index contributed by atoms with van der Waals surface area (Å²) in [5.74, 6) is -0.552. The summed E-state index contributed by atoms with van der Waals surface area (Å²) in [6.45, 7) is 0.268. The van der Waals surface area contributed by atoms with Crippen molar-refractivity contribution in [2.24, 2.45) is 5.73 Å². The van der Waals surface area contributed by atoms with Gasteiger partial charge >= 0.3 is 0 Å². The normalized spacial score (nSPS) is 11.3. The van der Waals surface area contributed by atoms with Crippen LogP contribution in [-0.2, 0) is 16.6 Å². The Bertz CT molecular complexity index is 720. The molecule has 1 aromatic carbocycles. The third-order valence-electron chi connectivity index (χ3n) is 2.48. The maximum absolute atomic E-state index is 12.9. The van der Waals surface area contributed by atoms with Gasteiger partial charge in [-0.15, -0.1) is 0 Å². The van der Waals surface area contributed by atoms with Crippen molar-refractivity contribution in [1.82, 2.24) is 4.98 Å². The Morgan fingerprint density at radius 3 is 2.60 bits per heavy atom. The zero-order valence-electron chi connectivity index (χ0n) is 10.2. The Balaban J connectivity index is 2.30. The van der Waals surface area contributed by atoms with Gasteiger partial charge in [0.05, 0.1) is 10.7 Å². The molecule has 2 aromatic rings. The van der Waals surface area contributed by atoms with Gasteiger partial charge in [0.15, 0.2) is 5.03 Å². The maximum Gasteiger partial charge on any atom is 0.279 e. The third kappa shape index (κ3) is 3.24. The second-order valence-corrected chi connectivity index (χ2v) is 5.97. The number of benzene rings is 1. The molecule has 0 saturated carbocycles. The average molecular weight is 316 g/mol. The van der Waals surface area contributed by atoms with Crippen molar-refractivity contribution in [3.8, 4) is 0 Å². The van der Waals surface area contributed by atoms with E-state index in [0.29, 0.717) is 5.56 Å². The van der Waals surface area contributed by atoms with Gasteiger partial charge in [0.1, 0.15) is 5.82 Å². The van der Waals surface area contributed by atoms with Crippen molar-refractivity contribution in [2.45, 2.75) is 11.6 Å². The number of halogens is 2. The molecule has 3 N–H and O–H groups in total. The van der Waals surface area contributed by atoms with Gasteiger partial charge in [-0.2, -0.15) is 8.42 Å². The summed E-state index contributed by atoms with van der Waals surface area (Å²) in [6.07, 6.45) is 1.38. The Hall–Kier alpha value is -1.70. The van der Waals surface area contributed by atoms with E-state index in [0.717, 1.165) is 12.1 Å². The second-order valence-electron chi connectivity index (χ2n) is 3.94. The van der Waals surface area contributed by atoms with Crippen molar-refractivity contribution in [2.75, 3.05) is 4.72 Å². The quantitative estimate of drug-likeness (QED) is 0.905. The molecule has 1 heterocycles. The number of rotatable bonds is 4. The molecule has 0 aliphatic rings. The van der Waals surface area contributed by atoms with Crippen molar-refractivity contribution in [3.63, 3.8) is 0 Å². The SMILES string of the molecule is NCc1ccc(S(=O)(=O)Nc2ccc(F)cc2Cl)nc1. The molecule has 8 heteroatoms. The lowest BCUT2D eigenvalue weighted by Gasteiger charge is -2.09. The van der Waals surface area contributed by atoms with Crippen molar-refractivity contribution in [1.29, 1.82) is 0 Å². The van der Waals surface area contributed by atoms with Crippen molar-refractivity contribution in [3.05, 3.63) is 52.9 Å².